The number of hydrogen-bond donors (Lipinski definition) is 0. The van der Waals surface area contributed by atoms with Crippen LogP contribution in [-0.4, -0.2) is 11.0 Å². The molecule has 0 spiro atoms. The summed E-state index contributed by atoms with van der Waals surface area (Å²) in [6.07, 6.45) is 4.41. The number of hydrogen-bond acceptors (Lipinski definition) is 3. The predicted octanol–water partition coefficient (Wildman–Crippen LogP) is 4.84. The Morgan fingerprint density at radius 1 is 1.39 bits per heavy atom. The molecule has 0 unspecified atom stereocenters. The van der Waals surface area contributed by atoms with Gasteiger partial charge < -0.3 is 4.90 Å². The smallest absolute Gasteiger partial charge is 0.143 e. The molecule has 1 aliphatic carbocycles. The van der Waals surface area contributed by atoms with Gasteiger partial charge in [-0.2, -0.15) is 11.3 Å². The van der Waals surface area contributed by atoms with Gasteiger partial charge in [0, 0.05) is 23.3 Å². The van der Waals surface area contributed by atoms with Gasteiger partial charge in [-0.05, 0) is 73.2 Å². The van der Waals surface area contributed by atoms with E-state index in [0.29, 0.717) is 6.04 Å². The summed E-state index contributed by atoms with van der Waals surface area (Å²) in [7, 11) is 0. The average molecular weight is 388 g/mol. The lowest BCUT2D eigenvalue weighted by molar-refractivity contribution is 0.777. The molecule has 0 bridgehead atoms. The molecule has 0 N–H and O–H groups in total. The van der Waals surface area contributed by atoms with E-state index in [1.165, 1.54) is 18.4 Å². The Labute approximate surface area is 127 Å². The van der Waals surface area contributed by atoms with Crippen molar-refractivity contribution in [3.63, 3.8) is 0 Å². The molecule has 0 aliphatic heterocycles. The molecule has 3 rings (SSSR count). The van der Waals surface area contributed by atoms with Crippen molar-refractivity contribution in [3.05, 3.63) is 43.6 Å². The van der Waals surface area contributed by atoms with Crippen molar-refractivity contribution in [3.8, 4) is 0 Å². The monoisotopic (exact) mass is 386 g/mol. The number of anilines is 1. The molecule has 2 aromatic rings. The summed E-state index contributed by atoms with van der Waals surface area (Å²) in [5.74, 6) is 1.05. The SMILES string of the molecule is Brc1cnc(N(Cc2ccsc2)C2CC2)c(Br)c1. The van der Waals surface area contributed by atoms with Crippen LogP contribution in [0, 0.1) is 0 Å². The first-order valence-corrected chi connectivity index (χ1v) is 8.35. The summed E-state index contributed by atoms with van der Waals surface area (Å²) in [6.45, 7) is 0.946. The van der Waals surface area contributed by atoms with Gasteiger partial charge in [0.05, 0.1) is 4.47 Å². The molecule has 1 fully saturated rings. The predicted molar refractivity (Wildman–Crippen MR) is 83.2 cm³/mol. The molecule has 0 amide bonds. The van der Waals surface area contributed by atoms with E-state index in [1.54, 1.807) is 11.3 Å². The molecule has 2 nitrogen and oxygen atoms in total. The van der Waals surface area contributed by atoms with Crippen LogP contribution in [0.15, 0.2) is 38.0 Å². The summed E-state index contributed by atoms with van der Waals surface area (Å²) in [4.78, 5) is 6.96. The molecule has 2 aromatic heterocycles. The maximum Gasteiger partial charge on any atom is 0.143 e. The van der Waals surface area contributed by atoms with Crippen LogP contribution >= 0.6 is 43.2 Å². The van der Waals surface area contributed by atoms with Crippen LogP contribution in [0.5, 0.6) is 0 Å². The molecule has 0 aromatic carbocycles. The number of thiophene rings is 1. The van der Waals surface area contributed by atoms with Crippen molar-refractivity contribution in [2.45, 2.75) is 25.4 Å². The van der Waals surface area contributed by atoms with Gasteiger partial charge in [-0.25, -0.2) is 4.98 Å². The highest BCUT2D eigenvalue weighted by atomic mass is 79.9. The van der Waals surface area contributed by atoms with Gasteiger partial charge in [0.25, 0.3) is 0 Å². The standard InChI is InChI=1S/C13H12Br2N2S/c14-10-5-12(15)13(16-6-10)17(11-1-2-11)7-9-3-4-18-8-9/h3-6,8,11H,1-2,7H2. The van der Waals surface area contributed by atoms with E-state index in [4.69, 9.17) is 0 Å². The van der Waals surface area contributed by atoms with Crippen molar-refractivity contribution in [1.82, 2.24) is 4.98 Å². The first-order valence-electron chi connectivity index (χ1n) is 5.83. The molecule has 0 saturated heterocycles. The quantitative estimate of drug-likeness (QED) is 0.746. The van der Waals surface area contributed by atoms with Crippen LogP contribution in [0.2, 0.25) is 0 Å². The third-order valence-corrected chi connectivity index (χ3v) is 4.73. The molecule has 1 saturated carbocycles. The zero-order valence-electron chi connectivity index (χ0n) is 9.64. The highest BCUT2D eigenvalue weighted by Gasteiger charge is 2.31. The van der Waals surface area contributed by atoms with E-state index >= 15 is 0 Å². The Kier molecular flexibility index (Phi) is 3.73. The molecule has 1 aliphatic rings. The van der Waals surface area contributed by atoms with Crippen LogP contribution in [0.1, 0.15) is 18.4 Å². The minimum Gasteiger partial charge on any atom is -0.348 e. The fraction of sp³-hybridized carbons (Fsp3) is 0.308. The van der Waals surface area contributed by atoms with Gasteiger partial charge in [-0.15, -0.1) is 0 Å². The van der Waals surface area contributed by atoms with Gasteiger partial charge in [-0.3, -0.25) is 0 Å². The lowest BCUT2D eigenvalue weighted by Crippen LogP contribution is -2.26. The first-order chi connectivity index (χ1) is 8.74. The molecule has 0 radical (unpaired) electrons. The third-order valence-electron chi connectivity index (χ3n) is 2.98. The van der Waals surface area contributed by atoms with E-state index in [2.05, 4.69) is 64.6 Å². The third kappa shape index (κ3) is 2.78. The molecule has 5 heteroatoms. The number of halogens is 2. The van der Waals surface area contributed by atoms with Gasteiger partial charge >= 0.3 is 0 Å². The number of rotatable bonds is 4. The maximum absolute atomic E-state index is 4.56. The molecule has 0 atom stereocenters. The number of pyridine rings is 1. The zero-order valence-corrected chi connectivity index (χ0v) is 13.6. The summed E-state index contributed by atoms with van der Waals surface area (Å²) < 4.78 is 2.06. The van der Waals surface area contributed by atoms with Crippen LogP contribution in [-0.2, 0) is 6.54 Å². The Balaban J connectivity index is 1.89. The minimum absolute atomic E-state index is 0.648. The normalized spacial score (nSPS) is 14.8. The van der Waals surface area contributed by atoms with E-state index < -0.39 is 0 Å². The Bertz CT molecular complexity index is 538. The van der Waals surface area contributed by atoms with Crippen LogP contribution in [0.25, 0.3) is 0 Å². The Morgan fingerprint density at radius 3 is 2.83 bits per heavy atom. The lowest BCUT2D eigenvalue weighted by atomic mass is 10.3. The van der Waals surface area contributed by atoms with Crippen molar-refractivity contribution >= 4 is 49.0 Å². The second-order valence-electron chi connectivity index (χ2n) is 4.45. The van der Waals surface area contributed by atoms with Crippen molar-refractivity contribution in [1.29, 1.82) is 0 Å². The summed E-state index contributed by atoms with van der Waals surface area (Å²) in [5.41, 5.74) is 1.36. The van der Waals surface area contributed by atoms with Crippen molar-refractivity contribution in [2.75, 3.05) is 4.90 Å². The average Bonchev–Trinajstić information content (AvgIpc) is 3.05. The summed E-state index contributed by atoms with van der Waals surface area (Å²) >= 11 is 8.81. The fourth-order valence-electron chi connectivity index (χ4n) is 1.96. The minimum atomic E-state index is 0.648. The van der Waals surface area contributed by atoms with Gasteiger partial charge in [-0.1, -0.05) is 0 Å². The van der Waals surface area contributed by atoms with Gasteiger partial charge in [0.2, 0.25) is 0 Å². The van der Waals surface area contributed by atoms with Crippen LogP contribution < -0.4 is 4.90 Å². The van der Waals surface area contributed by atoms with Gasteiger partial charge in [0.1, 0.15) is 5.82 Å². The Morgan fingerprint density at radius 2 is 2.22 bits per heavy atom. The highest BCUT2D eigenvalue weighted by molar-refractivity contribution is 9.11. The Hall–Kier alpha value is -0.390. The van der Waals surface area contributed by atoms with Crippen molar-refractivity contribution in [2.24, 2.45) is 0 Å². The second-order valence-corrected chi connectivity index (χ2v) is 7.00. The topological polar surface area (TPSA) is 16.1 Å². The van der Waals surface area contributed by atoms with E-state index in [-0.39, 0.29) is 0 Å². The first kappa shape index (κ1) is 12.6. The molecular weight excluding hydrogens is 376 g/mol. The summed E-state index contributed by atoms with van der Waals surface area (Å²) in [6, 6.07) is 4.90. The van der Waals surface area contributed by atoms with E-state index in [9.17, 15) is 0 Å². The summed E-state index contributed by atoms with van der Waals surface area (Å²) in [5, 5.41) is 4.34. The molecule has 94 valence electrons. The number of nitrogens with zero attached hydrogens (tertiary/aromatic N) is 2. The van der Waals surface area contributed by atoms with E-state index in [0.717, 1.165) is 21.3 Å². The van der Waals surface area contributed by atoms with Crippen LogP contribution in [0.4, 0.5) is 5.82 Å². The molecule has 18 heavy (non-hydrogen) atoms. The maximum atomic E-state index is 4.56. The van der Waals surface area contributed by atoms with Crippen LogP contribution in [0.3, 0.4) is 0 Å². The second kappa shape index (κ2) is 5.31. The highest BCUT2D eigenvalue weighted by Crippen LogP contribution is 2.36. The van der Waals surface area contributed by atoms with Gasteiger partial charge in [0.15, 0.2) is 0 Å². The van der Waals surface area contributed by atoms with E-state index in [1.807, 2.05) is 6.20 Å². The van der Waals surface area contributed by atoms with Crippen molar-refractivity contribution < 1.29 is 0 Å². The number of aromatic nitrogens is 1. The molecular formula is C13H12Br2N2S. The molecule has 2 heterocycles. The largest absolute Gasteiger partial charge is 0.348 e. The zero-order chi connectivity index (χ0) is 12.5. The fourth-order valence-corrected chi connectivity index (χ4v) is 3.84. The lowest BCUT2D eigenvalue weighted by Gasteiger charge is -2.24.